The number of nitrogens with zero attached hydrogens (tertiary/aromatic N) is 1. The van der Waals surface area contributed by atoms with E-state index in [2.05, 4.69) is 6.07 Å². The Morgan fingerprint density at radius 3 is 2.40 bits per heavy atom. The lowest BCUT2D eigenvalue weighted by atomic mass is 10.0. The van der Waals surface area contributed by atoms with Gasteiger partial charge in [-0.25, -0.2) is 0 Å². The molecule has 0 radical (unpaired) electrons. The molecule has 1 nitrogen and oxygen atoms in total. The van der Waals surface area contributed by atoms with Crippen LogP contribution in [-0.4, -0.2) is 0 Å². The van der Waals surface area contributed by atoms with E-state index < -0.39 is 0 Å². The lowest BCUT2D eigenvalue weighted by Gasteiger charge is -2.03. The van der Waals surface area contributed by atoms with E-state index in [0.717, 1.165) is 11.1 Å². The Morgan fingerprint density at radius 1 is 1.00 bits per heavy atom. The molecule has 2 rings (SSSR count). The van der Waals surface area contributed by atoms with E-state index in [0.29, 0.717) is 10.6 Å². The van der Waals surface area contributed by atoms with E-state index >= 15 is 0 Å². The van der Waals surface area contributed by atoms with Crippen LogP contribution in [0, 0.1) is 11.3 Å². The van der Waals surface area contributed by atoms with Gasteiger partial charge in [0, 0.05) is 5.02 Å². The first-order valence-corrected chi connectivity index (χ1v) is 4.94. The Labute approximate surface area is 93.5 Å². The van der Waals surface area contributed by atoms with Gasteiger partial charge >= 0.3 is 0 Å². The van der Waals surface area contributed by atoms with Crippen molar-refractivity contribution in [2.75, 3.05) is 0 Å². The highest BCUT2D eigenvalue weighted by atomic mass is 35.5. The molecule has 0 aliphatic rings. The van der Waals surface area contributed by atoms with Crippen molar-refractivity contribution >= 4 is 11.6 Å². The van der Waals surface area contributed by atoms with Gasteiger partial charge in [-0.1, -0.05) is 48.0 Å². The topological polar surface area (TPSA) is 23.8 Å². The van der Waals surface area contributed by atoms with Gasteiger partial charge in [0.15, 0.2) is 0 Å². The first-order chi connectivity index (χ1) is 7.31. The van der Waals surface area contributed by atoms with Gasteiger partial charge in [-0.15, -0.1) is 0 Å². The van der Waals surface area contributed by atoms with Crippen molar-refractivity contribution in [3.8, 4) is 17.2 Å². The predicted octanol–water partition coefficient (Wildman–Crippen LogP) is 3.88. The fourth-order valence-electron chi connectivity index (χ4n) is 1.48. The van der Waals surface area contributed by atoms with Crippen LogP contribution in [0.5, 0.6) is 0 Å². The molecule has 0 aromatic heterocycles. The molecule has 0 saturated heterocycles. The molecule has 15 heavy (non-hydrogen) atoms. The number of rotatable bonds is 1. The molecule has 0 aliphatic carbocycles. The average molecular weight is 214 g/mol. The number of nitriles is 1. The average Bonchev–Trinajstić information content (AvgIpc) is 2.30. The van der Waals surface area contributed by atoms with Gasteiger partial charge in [0.2, 0.25) is 0 Å². The summed E-state index contributed by atoms with van der Waals surface area (Å²) in [5.41, 5.74) is 2.56. The van der Waals surface area contributed by atoms with Gasteiger partial charge in [0.25, 0.3) is 0 Å². The van der Waals surface area contributed by atoms with Crippen LogP contribution < -0.4 is 0 Å². The number of halogens is 1. The molecule has 0 spiro atoms. The number of benzene rings is 2. The number of hydrogen-bond acceptors (Lipinski definition) is 1. The summed E-state index contributed by atoms with van der Waals surface area (Å²) < 4.78 is 0. The Morgan fingerprint density at radius 2 is 1.73 bits per heavy atom. The fraction of sp³-hybridized carbons (Fsp3) is 0. The third-order valence-corrected chi connectivity index (χ3v) is 2.42. The van der Waals surface area contributed by atoms with E-state index in [9.17, 15) is 0 Å². The van der Waals surface area contributed by atoms with E-state index in [4.69, 9.17) is 16.9 Å². The summed E-state index contributed by atoms with van der Waals surface area (Å²) in [6, 6.07) is 17.3. The van der Waals surface area contributed by atoms with E-state index in [1.54, 1.807) is 12.1 Å². The van der Waals surface area contributed by atoms with Crippen molar-refractivity contribution in [2.24, 2.45) is 0 Å². The van der Waals surface area contributed by atoms with Gasteiger partial charge in [-0.3, -0.25) is 0 Å². The molecule has 0 atom stereocenters. The molecule has 2 aromatic carbocycles. The molecule has 0 amide bonds. The summed E-state index contributed by atoms with van der Waals surface area (Å²) in [7, 11) is 0. The quantitative estimate of drug-likeness (QED) is 0.705. The largest absolute Gasteiger partial charge is 0.192 e. The summed E-state index contributed by atoms with van der Waals surface area (Å²) in [6.07, 6.45) is 0. The van der Waals surface area contributed by atoms with E-state index in [-0.39, 0.29) is 0 Å². The molecule has 0 N–H and O–H groups in total. The lowest BCUT2D eigenvalue weighted by molar-refractivity contribution is 1.48. The van der Waals surface area contributed by atoms with Crippen LogP contribution in [-0.2, 0) is 0 Å². The van der Waals surface area contributed by atoms with Crippen LogP contribution in [0.25, 0.3) is 11.1 Å². The maximum Gasteiger partial charge on any atom is 0.0998 e. The highest BCUT2D eigenvalue weighted by Gasteiger charge is 2.04. The zero-order valence-corrected chi connectivity index (χ0v) is 8.70. The van der Waals surface area contributed by atoms with Crippen molar-refractivity contribution in [3.05, 3.63) is 59.1 Å². The lowest BCUT2D eigenvalue weighted by Crippen LogP contribution is -1.83. The maximum absolute atomic E-state index is 9.00. The van der Waals surface area contributed by atoms with Gasteiger partial charge in [-0.05, 0) is 23.3 Å². The molecule has 0 bridgehead atoms. The van der Waals surface area contributed by atoms with Crippen molar-refractivity contribution < 1.29 is 0 Å². The maximum atomic E-state index is 9.00. The second kappa shape index (κ2) is 4.16. The Balaban J connectivity index is 2.60. The third kappa shape index (κ3) is 2.01. The molecule has 2 aromatic rings. The molecule has 0 fully saturated rings. The molecular formula is C13H8ClN. The van der Waals surface area contributed by atoms with Crippen LogP contribution in [0.3, 0.4) is 0 Å². The second-order valence-corrected chi connectivity index (χ2v) is 3.60. The minimum Gasteiger partial charge on any atom is -0.192 e. The van der Waals surface area contributed by atoms with Gasteiger partial charge < -0.3 is 0 Å². The summed E-state index contributed by atoms with van der Waals surface area (Å²) in [4.78, 5) is 0. The monoisotopic (exact) mass is 213 g/mol. The third-order valence-electron chi connectivity index (χ3n) is 2.19. The smallest absolute Gasteiger partial charge is 0.0998 e. The van der Waals surface area contributed by atoms with Crippen molar-refractivity contribution in [3.63, 3.8) is 0 Å². The van der Waals surface area contributed by atoms with Crippen molar-refractivity contribution in [2.45, 2.75) is 0 Å². The van der Waals surface area contributed by atoms with Crippen LogP contribution in [0.1, 0.15) is 5.56 Å². The van der Waals surface area contributed by atoms with Gasteiger partial charge in [0.1, 0.15) is 0 Å². The van der Waals surface area contributed by atoms with Crippen molar-refractivity contribution in [1.29, 1.82) is 5.26 Å². The standard InChI is InChI=1S/C13H8ClN/c14-12-6-7-13(11(8-12)9-15)10-4-2-1-3-5-10/h1-8H. The Hall–Kier alpha value is -1.78. The molecule has 72 valence electrons. The van der Waals surface area contributed by atoms with E-state index in [1.807, 2.05) is 36.4 Å². The molecule has 0 aliphatic heterocycles. The first-order valence-electron chi connectivity index (χ1n) is 4.56. The summed E-state index contributed by atoms with van der Waals surface area (Å²) in [5, 5.41) is 9.58. The number of hydrogen-bond donors (Lipinski definition) is 0. The van der Waals surface area contributed by atoms with E-state index in [1.165, 1.54) is 0 Å². The summed E-state index contributed by atoms with van der Waals surface area (Å²) >= 11 is 5.83. The van der Waals surface area contributed by atoms with Crippen LogP contribution in [0.2, 0.25) is 5.02 Å². The molecular weight excluding hydrogens is 206 g/mol. The minimum absolute atomic E-state index is 0.589. The first kappa shape index (κ1) is 9.76. The summed E-state index contributed by atoms with van der Waals surface area (Å²) in [5.74, 6) is 0. The zero-order valence-electron chi connectivity index (χ0n) is 7.94. The molecule has 0 heterocycles. The Bertz CT molecular complexity index is 512. The highest BCUT2D eigenvalue weighted by Crippen LogP contribution is 2.25. The molecule has 2 heteroatoms. The van der Waals surface area contributed by atoms with Crippen LogP contribution >= 0.6 is 11.6 Å². The van der Waals surface area contributed by atoms with Gasteiger partial charge in [-0.2, -0.15) is 5.26 Å². The summed E-state index contributed by atoms with van der Waals surface area (Å²) in [6.45, 7) is 0. The molecule has 0 unspecified atom stereocenters. The SMILES string of the molecule is N#Cc1cc(Cl)ccc1-c1ccccc1. The highest BCUT2D eigenvalue weighted by molar-refractivity contribution is 6.30. The normalized spacial score (nSPS) is 9.60. The minimum atomic E-state index is 0.589. The zero-order chi connectivity index (χ0) is 10.7. The van der Waals surface area contributed by atoms with Crippen molar-refractivity contribution in [1.82, 2.24) is 0 Å². The predicted molar refractivity (Wildman–Crippen MR) is 61.6 cm³/mol. The fourth-order valence-corrected chi connectivity index (χ4v) is 1.65. The Kier molecular flexibility index (Phi) is 2.71. The van der Waals surface area contributed by atoms with Crippen LogP contribution in [0.4, 0.5) is 0 Å². The van der Waals surface area contributed by atoms with Gasteiger partial charge in [0.05, 0.1) is 11.6 Å². The molecule has 0 saturated carbocycles. The van der Waals surface area contributed by atoms with Crippen LogP contribution in [0.15, 0.2) is 48.5 Å². The second-order valence-electron chi connectivity index (χ2n) is 3.17.